The molecule has 6 nitrogen and oxygen atoms in total. The highest BCUT2D eigenvalue weighted by Crippen LogP contribution is 2.12. The Morgan fingerprint density at radius 3 is 2.76 bits per heavy atom. The van der Waals surface area contributed by atoms with Crippen molar-refractivity contribution in [2.45, 2.75) is 6.54 Å². The molecule has 0 aliphatic rings. The highest BCUT2D eigenvalue weighted by atomic mass is 35.5. The first kappa shape index (κ1) is 14.9. The summed E-state index contributed by atoms with van der Waals surface area (Å²) in [4.78, 5) is 31.0. The van der Waals surface area contributed by atoms with Gasteiger partial charge in [0.15, 0.2) is 6.61 Å². The number of esters is 1. The summed E-state index contributed by atoms with van der Waals surface area (Å²) < 4.78 is 4.87. The number of hydrogen-bond acceptors (Lipinski definition) is 5. The molecule has 0 aliphatic heterocycles. The highest BCUT2D eigenvalue weighted by Gasteiger charge is 2.13. The largest absolute Gasteiger partial charge is 0.452 e. The molecule has 0 aliphatic carbocycles. The predicted molar refractivity (Wildman–Crippen MR) is 75.6 cm³/mol. The lowest BCUT2D eigenvalue weighted by atomic mass is 10.3. The Morgan fingerprint density at radius 2 is 2.05 bits per heavy atom. The van der Waals surface area contributed by atoms with Crippen LogP contribution in [0.3, 0.4) is 0 Å². The maximum Gasteiger partial charge on any atom is 0.341 e. The van der Waals surface area contributed by atoms with Crippen molar-refractivity contribution in [3.05, 3.63) is 59.1 Å². The van der Waals surface area contributed by atoms with Crippen molar-refractivity contribution >= 4 is 23.5 Å². The van der Waals surface area contributed by atoms with Gasteiger partial charge in [0.25, 0.3) is 5.91 Å². The van der Waals surface area contributed by atoms with Gasteiger partial charge in [-0.05, 0) is 23.8 Å². The van der Waals surface area contributed by atoms with Gasteiger partial charge in [-0.1, -0.05) is 17.7 Å². The number of amides is 1. The first-order valence-corrected chi connectivity index (χ1v) is 6.48. The third-order valence-corrected chi connectivity index (χ3v) is 2.83. The van der Waals surface area contributed by atoms with Gasteiger partial charge in [-0.2, -0.15) is 0 Å². The zero-order valence-corrected chi connectivity index (χ0v) is 11.7. The molecule has 2 heterocycles. The van der Waals surface area contributed by atoms with Crippen LogP contribution in [0, 0.1) is 0 Å². The molecule has 2 rings (SSSR count). The molecule has 108 valence electrons. The van der Waals surface area contributed by atoms with Gasteiger partial charge < -0.3 is 10.1 Å². The van der Waals surface area contributed by atoms with E-state index in [1.165, 1.54) is 12.3 Å². The zero-order chi connectivity index (χ0) is 15.1. The van der Waals surface area contributed by atoms with E-state index in [9.17, 15) is 9.59 Å². The summed E-state index contributed by atoms with van der Waals surface area (Å²) in [5, 5.41) is 2.66. The molecule has 1 amide bonds. The monoisotopic (exact) mass is 305 g/mol. The SMILES string of the molecule is O=C(COC(=O)c1cccnc1Cl)NCc1cccnc1. The second kappa shape index (κ2) is 7.35. The topological polar surface area (TPSA) is 81.2 Å². The molecule has 0 fully saturated rings. The lowest BCUT2D eigenvalue weighted by molar-refractivity contribution is -0.124. The Hall–Kier alpha value is -2.47. The minimum absolute atomic E-state index is 0.0401. The van der Waals surface area contributed by atoms with E-state index >= 15 is 0 Å². The highest BCUT2D eigenvalue weighted by molar-refractivity contribution is 6.32. The number of nitrogens with zero attached hydrogens (tertiary/aromatic N) is 2. The first-order chi connectivity index (χ1) is 10.2. The summed E-state index contributed by atoms with van der Waals surface area (Å²) in [6.07, 6.45) is 4.74. The van der Waals surface area contributed by atoms with Gasteiger partial charge in [0.2, 0.25) is 0 Å². The van der Waals surface area contributed by atoms with Gasteiger partial charge in [-0.15, -0.1) is 0 Å². The summed E-state index contributed by atoms with van der Waals surface area (Å²) in [5.74, 6) is -1.10. The molecular weight excluding hydrogens is 294 g/mol. The van der Waals surface area contributed by atoms with Gasteiger partial charge in [0.1, 0.15) is 5.15 Å². The van der Waals surface area contributed by atoms with Crippen LogP contribution < -0.4 is 5.32 Å². The van der Waals surface area contributed by atoms with Crippen LogP contribution >= 0.6 is 11.6 Å². The van der Waals surface area contributed by atoms with E-state index < -0.39 is 11.9 Å². The Labute approximate surface area is 126 Å². The van der Waals surface area contributed by atoms with Crippen LogP contribution in [-0.2, 0) is 16.1 Å². The van der Waals surface area contributed by atoms with Gasteiger partial charge in [0.05, 0.1) is 5.56 Å². The fourth-order valence-electron chi connectivity index (χ4n) is 1.50. The normalized spacial score (nSPS) is 9.95. The fraction of sp³-hybridized carbons (Fsp3) is 0.143. The van der Waals surface area contributed by atoms with Crippen molar-refractivity contribution in [2.24, 2.45) is 0 Å². The summed E-state index contributed by atoms with van der Waals surface area (Å²) >= 11 is 5.76. The summed E-state index contributed by atoms with van der Waals surface area (Å²) in [6, 6.07) is 6.64. The first-order valence-electron chi connectivity index (χ1n) is 6.10. The van der Waals surface area contributed by atoms with Crippen LogP contribution in [0.4, 0.5) is 0 Å². The molecule has 7 heteroatoms. The minimum atomic E-state index is -0.690. The van der Waals surface area contributed by atoms with Gasteiger partial charge in [-0.3, -0.25) is 9.78 Å². The lowest BCUT2D eigenvalue weighted by Crippen LogP contribution is -2.28. The van der Waals surface area contributed by atoms with E-state index in [2.05, 4.69) is 15.3 Å². The van der Waals surface area contributed by atoms with Crippen molar-refractivity contribution in [1.82, 2.24) is 15.3 Å². The molecule has 0 spiro atoms. The number of carbonyl (C=O) groups excluding carboxylic acids is 2. The molecule has 21 heavy (non-hydrogen) atoms. The quantitative estimate of drug-likeness (QED) is 0.670. The molecule has 0 unspecified atom stereocenters. The van der Waals surface area contributed by atoms with E-state index in [4.69, 9.17) is 16.3 Å². The van der Waals surface area contributed by atoms with Crippen LogP contribution in [0.1, 0.15) is 15.9 Å². The number of pyridine rings is 2. The van der Waals surface area contributed by atoms with Crippen molar-refractivity contribution < 1.29 is 14.3 Å². The Morgan fingerprint density at radius 1 is 1.24 bits per heavy atom. The molecule has 0 aromatic carbocycles. The molecular formula is C14H12ClN3O3. The van der Waals surface area contributed by atoms with E-state index in [0.29, 0.717) is 6.54 Å². The molecule has 1 N–H and O–H groups in total. The molecule has 0 bridgehead atoms. The van der Waals surface area contributed by atoms with E-state index in [1.54, 1.807) is 24.5 Å². The maximum atomic E-state index is 11.7. The Kier molecular flexibility index (Phi) is 5.22. The van der Waals surface area contributed by atoms with Crippen molar-refractivity contribution in [1.29, 1.82) is 0 Å². The van der Waals surface area contributed by atoms with Gasteiger partial charge >= 0.3 is 5.97 Å². The smallest absolute Gasteiger partial charge is 0.341 e. The third-order valence-electron chi connectivity index (χ3n) is 2.53. The Balaban J connectivity index is 1.79. The van der Waals surface area contributed by atoms with Crippen LogP contribution in [0.15, 0.2) is 42.9 Å². The third kappa shape index (κ3) is 4.54. The van der Waals surface area contributed by atoms with E-state index in [1.807, 2.05) is 6.07 Å². The van der Waals surface area contributed by atoms with E-state index in [0.717, 1.165) is 5.56 Å². The minimum Gasteiger partial charge on any atom is -0.452 e. The number of nitrogens with one attached hydrogen (secondary N) is 1. The average Bonchev–Trinajstić information content (AvgIpc) is 2.52. The number of carbonyl (C=O) groups is 2. The summed E-state index contributed by atoms with van der Waals surface area (Å²) in [6.45, 7) is -0.0673. The number of aromatic nitrogens is 2. The lowest BCUT2D eigenvalue weighted by Gasteiger charge is -2.07. The molecule has 0 saturated carbocycles. The summed E-state index contributed by atoms with van der Waals surface area (Å²) in [7, 11) is 0. The predicted octanol–water partition coefficient (Wildman–Crippen LogP) is 1.60. The van der Waals surface area contributed by atoms with Gasteiger partial charge in [0, 0.05) is 25.1 Å². The van der Waals surface area contributed by atoms with Gasteiger partial charge in [-0.25, -0.2) is 9.78 Å². The van der Waals surface area contributed by atoms with Crippen LogP contribution in [0.5, 0.6) is 0 Å². The standard InChI is InChI=1S/C14H12ClN3O3/c15-13-11(4-2-6-17-13)14(20)21-9-12(19)18-8-10-3-1-5-16-7-10/h1-7H,8-9H2,(H,18,19). The molecule has 0 saturated heterocycles. The average molecular weight is 306 g/mol. The second-order valence-electron chi connectivity index (χ2n) is 4.06. The Bertz CT molecular complexity index is 634. The summed E-state index contributed by atoms with van der Waals surface area (Å²) in [5.41, 5.74) is 0.978. The van der Waals surface area contributed by atoms with Crippen molar-refractivity contribution in [3.63, 3.8) is 0 Å². The molecule has 2 aromatic heterocycles. The number of rotatable bonds is 5. The molecule has 0 radical (unpaired) electrons. The number of ether oxygens (including phenoxy) is 1. The van der Waals surface area contributed by atoms with Crippen molar-refractivity contribution in [2.75, 3.05) is 6.61 Å². The molecule has 0 atom stereocenters. The van der Waals surface area contributed by atoms with Crippen LogP contribution in [-0.4, -0.2) is 28.5 Å². The molecule has 2 aromatic rings. The van der Waals surface area contributed by atoms with Crippen molar-refractivity contribution in [3.8, 4) is 0 Å². The zero-order valence-electron chi connectivity index (χ0n) is 11.0. The maximum absolute atomic E-state index is 11.7. The van der Waals surface area contributed by atoms with Crippen LogP contribution in [0.25, 0.3) is 0 Å². The number of halogens is 1. The fourth-order valence-corrected chi connectivity index (χ4v) is 1.70. The van der Waals surface area contributed by atoms with Crippen LogP contribution in [0.2, 0.25) is 5.15 Å². The second-order valence-corrected chi connectivity index (χ2v) is 4.41. The number of hydrogen-bond donors (Lipinski definition) is 1. The van der Waals surface area contributed by atoms with E-state index in [-0.39, 0.29) is 17.3 Å².